The number of hydrogen-bond donors (Lipinski definition) is 1. The lowest BCUT2D eigenvalue weighted by molar-refractivity contribution is -0.132. The van der Waals surface area contributed by atoms with E-state index in [1.165, 1.54) is 6.07 Å². The molecule has 24 heavy (non-hydrogen) atoms. The number of rotatable bonds is 4. The van der Waals surface area contributed by atoms with Gasteiger partial charge in [0.05, 0.1) is 11.6 Å². The van der Waals surface area contributed by atoms with E-state index in [1.54, 1.807) is 12.1 Å². The van der Waals surface area contributed by atoms with Gasteiger partial charge in [-0.05, 0) is 17.7 Å². The van der Waals surface area contributed by atoms with Gasteiger partial charge in [0.25, 0.3) is 0 Å². The molecule has 2 N–H and O–H groups in total. The maximum absolute atomic E-state index is 13.9. The first-order chi connectivity index (χ1) is 11.7. The fourth-order valence-corrected chi connectivity index (χ4v) is 3.16. The maximum Gasteiger partial charge on any atom is 0.231 e. The van der Waals surface area contributed by atoms with Crippen molar-refractivity contribution in [2.75, 3.05) is 37.6 Å². The van der Waals surface area contributed by atoms with Crippen LogP contribution in [0.5, 0.6) is 0 Å². The molecule has 3 rings (SSSR count). The Balaban J connectivity index is 1.66. The molecular formula is C19H22FN3O. The van der Waals surface area contributed by atoms with Gasteiger partial charge in [-0.3, -0.25) is 4.79 Å². The lowest BCUT2D eigenvalue weighted by Gasteiger charge is -2.37. The van der Waals surface area contributed by atoms with Crippen LogP contribution in [0.1, 0.15) is 11.5 Å². The van der Waals surface area contributed by atoms with E-state index in [-0.39, 0.29) is 24.2 Å². The molecule has 1 atom stereocenters. The zero-order valence-electron chi connectivity index (χ0n) is 13.6. The van der Waals surface area contributed by atoms with Crippen molar-refractivity contribution < 1.29 is 9.18 Å². The van der Waals surface area contributed by atoms with Crippen molar-refractivity contribution >= 4 is 11.6 Å². The highest BCUT2D eigenvalue weighted by atomic mass is 19.1. The Kier molecular flexibility index (Phi) is 5.11. The van der Waals surface area contributed by atoms with Crippen molar-refractivity contribution in [3.8, 4) is 0 Å². The van der Waals surface area contributed by atoms with Gasteiger partial charge < -0.3 is 15.5 Å². The molecule has 1 saturated heterocycles. The third-order valence-electron chi connectivity index (χ3n) is 4.52. The predicted molar refractivity (Wildman–Crippen MR) is 93.4 cm³/mol. The van der Waals surface area contributed by atoms with E-state index in [1.807, 2.05) is 46.2 Å². The van der Waals surface area contributed by atoms with Crippen LogP contribution in [0.25, 0.3) is 0 Å². The molecule has 1 amide bonds. The number of benzene rings is 2. The van der Waals surface area contributed by atoms with Gasteiger partial charge in [0.1, 0.15) is 5.82 Å². The van der Waals surface area contributed by atoms with Gasteiger partial charge in [-0.1, -0.05) is 42.5 Å². The summed E-state index contributed by atoms with van der Waals surface area (Å²) in [4.78, 5) is 16.6. The van der Waals surface area contributed by atoms with Crippen LogP contribution >= 0.6 is 0 Å². The topological polar surface area (TPSA) is 49.6 Å². The fraction of sp³-hybridized carbons (Fsp3) is 0.316. The van der Waals surface area contributed by atoms with E-state index in [2.05, 4.69) is 0 Å². The quantitative estimate of drug-likeness (QED) is 0.937. The Morgan fingerprint density at radius 3 is 2.25 bits per heavy atom. The first kappa shape index (κ1) is 16.5. The summed E-state index contributed by atoms with van der Waals surface area (Å²) in [5.74, 6) is -0.482. The molecule has 1 fully saturated rings. The summed E-state index contributed by atoms with van der Waals surface area (Å²) >= 11 is 0. The number of nitrogens with zero attached hydrogens (tertiary/aromatic N) is 2. The molecular weight excluding hydrogens is 305 g/mol. The van der Waals surface area contributed by atoms with Crippen LogP contribution in [0.3, 0.4) is 0 Å². The van der Waals surface area contributed by atoms with Gasteiger partial charge in [0.15, 0.2) is 0 Å². The van der Waals surface area contributed by atoms with Crippen molar-refractivity contribution in [2.24, 2.45) is 5.73 Å². The molecule has 0 radical (unpaired) electrons. The van der Waals surface area contributed by atoms with Crippen molar-refractivity contribution in [1.29, 1.82) is 0 Å². The highest BCUT2D eigenvalue weighted by Crippen LogP contribution is 2.22. The standard InChI is InChI=1S/C19H22FN3O/c20-17-8-4-5-9-18(17)22-10-12-23(13-11-22)19(24)16(14-21)15-6-2-1-3-7-15/h1-9,16H,10-14,21H2. The smallest absolute Gasteiger partial charge is 0.231 e. The third-order valence-corrected chi connectivity index (χ3v) is 4.52. The molecule has 1 unspecified atom stereocenters. The van der Waals surface area contributed by atoms with E-state index in [0.29, 0.717) is 31.9 Å². The minimum Gasteiger partial charge on any atom is -0.366 e. The molecule has 0 saturated carbocycles. The number of nitrogens with two attached hydrogens (primary N) is 1. The Hall–Kier alpha value is -2.40. The monoisotopic (exact) mass is 327 g/mol. The number of amides is 1. The molecule has 1 heterocycles. The fourth-order valence-electron chi connectivity index (χ4n) is 3.16. The SMILES string of the molecule is NCC(C(=O)N1CCN(c2ccccc2F)CC1)c1ccccc1. The first-order valence-corrected chi connectivity index (χ1v) is 8.24. The molecule has 126 valence electrons. The molecule has 1 aliphatic rings. The molecule has 5 heteroatoms. The number of carbonyl (C=O) groups is 1. The van der Waals surface area contributed by atoms with E-state index in [4.69, 9.17) is 5.73 Å². The number of anilines is 1. The van der Waals surface area contributed by atoms with Crippen LogP contribution in [-0.4, -0.2) is 43.5 Å². The summed E-state index contributed by atoms with van der Waals surface area (Å²) < 4.78 is 13.9. The molecule has 2 aromatic carbocycles. The van der Waals surface area contributed by atoms with Crippen LogP contribution in [0, 0.1) is 5.82 Å². The maximum atomic E-state index is 13.9. The van der Waals surface area contributed by atoms with Crippen molar-refractivity contribution in [1.82, 2.24) is 4.90 Å². The van der Waals surface area contributed by atoms with E-state index >= 15 is 0 Å². The Morgan fingerprint density at radius 1 is 1.00 bits per heavy atom. The van der Waals surface area contributed by atoms with Crippen LogP contribution < -0.4 is 10.6 Å². The van der Waals surface area contributed by atoms with E-state index in [0.717, 1.165) is 5.56 Å². The second-order valence-electron chi connectivity index (χ2n) is 5.96. The summed E-state index contributed by atoms with van der Waals surface area (Å²) in [6, 6.07) is 16.4. The van der Waals surface area contributed by atoms with Gasteiger partial charge in [-0.25, -0.2) is 4.39 Å². The third kappa shape index (κ3) is 3.41. The van der Waals surface area contributed by atoms with Gasteiger partial charge in [-0.2, -0.15) is 0 Å². The number of carbonyl (C=O) groups excluding carboxylic acids is 1. The minimum atomic E-state index is -0.314. The van der Waals surface area contributed by atoms with Crippen LogP contribution in [-0.2, 0) is 4.79 Å². The molecule has 0 spiro atoms. The Bertz CT molecular complexity index is 684. The average molecular weight is 327 g/mol. The second kappa shape index (κ2) is 7.45. The zero-order chi connectivity index (χ0) is 16.9. The summed E-state index contributed by atoms with van der Waals surface area (Å²) in [5.41, 5.74) is 7.39. The summed E-state index contributed by atoms with van der Waals surface area (Å²) in [6.07, 6.45) is 0. The first-order valence-electron chi connectivity index (χ1n) is 8.24. The Morgan fingerprint density at radius 2 is 1.62 bits per heavy atom. The number of halogens is 1. The largest absolute Gasteiger partial charge is 0.366 e. The van der Waals surface area contributed by atoms with Gasteiger partial charge >= 0.3 is 0 Å². The van der Waals surface area contributed by atoms with Gasteiger partial charge in [0, 0.05) is 32.7 Å². The van der Waals surface area contributed by atoms with E-state index < -0.39 is 0 Å². The van der Waals surface area contributed by atoms with E-state index in [9.17, 15) is 9.18 Å². The van der Waals surface area contributed by atoms with Crippen LogP contribution in [0.4, 0.5) is 10.1 Å². The van der Waals surface area contributed by atoms with Gasteiger partial charge in [-0.15, -0.1) is 0 Å². The molecule has 0 aliphatic carbocycles. The molecule has 0 aromatic heterocycles. The molecule has 1 aliphatic heterocycles. The second-order valence-corrected chi connectivity index (χ2v) is 5.96. The van der Waals surface area contributed by atoms with Crippen LogP contribution in [0.15, 0.2) is 54.6 Å². The van der Waals surface area contributed by atoms with Gasteiger partial charge in [0.2, 0.25) is 5.91 Å². The zero-order valence-corrected chi connectivity index (χ0v) is 13.6. The minimum absolute atomic E-state index is 0.0527. The Labute approximate surface area is 141 Å². The highest BCUT2D eigenvalue weighted by Gasteiger charge is 2.28. The normalized spacial score (nSPS) is 16.1. The van der Waals surface area contributed by atoms with Crippen molar-refractivity contribution in [3.63, 3.8) is 0 Å². The number of hydrogen-bond acceptors (Lipinski definition) is 3. The summed E-state index contributed by atoms with van der Waals surface area (Å²) in [6.45, 7) is 2.70. The lowest BCUT2D eigenvalue weighted by atomic mass is 9.97. The van der Waals surface area contributed by atoms with Crippen LogP contribution in [0.2, 0.25) is 0 Å². The molecule has 0 bridgehead atoms. The van der Waals surface area contributed by atoms with Crippen molar-refractivity contribution in [3.05, 3.63) is 66.0 Å². The number of para-hydroxylation sites is 1. The average Bonchev–Trinajstić information content (AvgIpc) is 2.64. The predicted octanol–water partition coefficient (Wildman–Crippen LogP) is 2.22. The highest BCUT2D eigenvalue weighted by molar-refractivity contribution is 5.84. The number of piperazine rings is 1. The summed E-state index contributed by atoms with van der Waals surface area (Å²) in [5, 5.41) is 0. The lowest BCUT2D eigenvalue weighted by Crippen LogP contribution is -2.51. The molecule has 2 aromatic rings. The molecule has 4 nitrogen and oxygen atoms in total. The van der Waals surface area contributed by atoms with Crippen molar-refractivity contribution in [2.45, 2.75) is 5.92 Å². The summed E-state index contributed by atoms with van der Waals surface area (Å²) in [7, 11) is 0.